The molecule has 1 aromatic heterocycles. The average molecular weight is 336 g/mol. The maximum atomic E-state index is 12.7. The minimum atomic E-state index is -4.71. The van der Waals surface area contributed by atoms with Crippen molar-refractivity contribution in [3.8, 4) is 11.3 Å². The molecule has 8 heteroatoms. The Labute approximate surface area is 126 Å². The number of pyridine rings is 1. The lowest BCUT2D eigenvalue weighted by Gasteiger charge is -2.12. The van der Waals surface area contributed by atoms with E-state index in [1.165, 1.54) is 18.2 Å². The van der Waals surface area contributed by atoms with Gasteiger partial charge in [-0.2, -0.15) is 13.2 Å². The van der Waals surface area contributed by atoms with Gasteiger partial charge in [0.2, 0.25) is 0 Å². The number of carboxylic acids is 1. The highest BCUT2D eigenvalue weighted by atomic mass is 35.5. The monoisotopic (exact) mass is 335 g/mol. The molecule has 0 aliphatic heterocycles. The number of nitrogens with zero attached hydrogens (tertiary/aromatic N) is 1. The van der Waals surface area contributed by atoms with Crippen molar-refractivity contribution in [2.24, 2.45) is 0 Å². The van der Waals surface area contributed by atoms with Gasteiger partial charge >= 0.3 is 12.1 Å². The maximum absolute atomic E-state index is 12.7. The predicted molar refractivity (Wildman–Crippen MR) is 71.7 cm³/mol. The Morgan fingerprint density at radius 2 is 1.67 bits per heavy atom. The summed E-state index contributed by atoms with van der Waals surface area (Å²) in [6.07, 6.45) is -4.71. The Morgan fingerprint density at radius 1 is 1.10 bits per heavy atom. The number of hydrogen-bond acceptors (Lipinski definition) is 2. The third-order valence-electron chi connectivity index (χ3n) is 2.62. The molecule has 1 aromatic carbocycles. The van der Waals surface area contributed by atoms with Crippen LogP contribution in [0.3, 0.4) is 0 Å². The minimum Gasteiger partial charge on any atom is -0.478 e. The Morgan fingerprint density at radius 3 is 2.14 bits per heavy atom. The molecular weight excluding hydrogens is 330 g/mol. The van der Waals surface area contributed by atoms with Crippen LogP contribution < -0.4 is 0 Å². The number of alkyl halides is 3. The fourth-order valence-electron chi connectivity index (χ4n) is 1.70. The van der Waals surface area contributed by atoms with Crippen LogP contribution in [-0.2, 0) is 6.18 Å². The molecule has 0 aliphatic carbocycles. The predicted octanol–water partition coefficient (Wildman–Crippen LogP) is 4.77. The van der Waals surface area contributed by atoms with Gasteiger partial charge in [-0.25, -0.2) is 9.78 Å². The van der Waals surface area contributed by atoms with Crippen LogP contribution in [-0.4, -0.2) is 16.1 Å². The van der Waals surface area contributed by atoms with E-state index < -0.39 is 29.1 Å². The lowest BCUT2D eigenvalue weighted by atomic mass is 10.0. The summed E-state index contributed by atoms with van der Waals surface area (Å²) in [5.41, 5.74) is -2.12. The minimum absolute atomic E-state index is 0.0109. The molecule has 1 heterocycles. The lowest BCUT2D eigenvalue weighted by Crippen LogP contribution is -2.11. The van der Waals surface area contributed by atoms with Crippen molar-refractivity contribution in [2.45, 2.75) is 6.18 Å². The molecule has 0 radical (unpaired) electrons. The number of benzene rings is 1. The van der Waals surface area contributed by atoms with E-state index in [4.69, 9.17) is 28.3 Å². The number of halogens is 5. The zero-order chi connectivity index (χ0) is 15.8. The molecular formula is C13H6Cl2F3NO2. The number of carbonyl (C=O) groups is 1. The molecule has 1 N–H and O–H groups in total. The second-order valence-electron chi connectivity index (χ2n) is 3.99. The molecule has 0 unspecified atom stereocenters. The Kier molecular flexibility index (Phi) is 4.11. The number of aromatic carboxylic acids is 1. The van der Waals surface area contributed by atoms with Gasteiger partial charge in [0.15, 0.2) is 0 Å². The van der Waals surface area contributed by atoms with Gasteiger partial charge in [-0.1, -0.05) is 29.3 Å². The van der Waals surface area contributed by atoms with Crippen LogP contribution in [0.5, 0.6) is 0 Å². The summed E-state index contributed by atoms with van der Waals surface area (Å²) >= 11 is 11.8. The molecule has 3 nitrogen and oxygen atoms in total. The summed E-state index contributed by atoms with van der Waals surface area (Å²) in [6.45, 7) is 0. The number of carboxylic acid groups (broad SMARTS) is 1. The smallest absolute Gasteiger partial charge is 0.433 e. The first-order chi connectivity index (χ1) is 9.71. The van der Waals surface area contributed by atoms with E-state index in [1.807, 2.05) is 0 Å². The van der Waals surface area contributed by atoms with E-state index >= 15 is 0 Å². The van der Waals surface area contributed by atoms with Crippen LogP contribution >= 0.6 is 23.2 Å². The van der Waals surface area contributed by atoms with Gasteiger partial charge < -0.3 is 5.11 Å². The molecule has 2 aromatic rings. The third-order valence-corrected chi connectivity index (χ3v) is 3.25. The highest BCUT2D eigenvalue weighted by Gasteiger charge is 2.34. The van der Waals surface area contributed by atoms with Crippen LogP contribution in [0.25, 0.3) is 11.3 Å². The van der Waals surface area contributed by atoms with Crippen molar-refractivity contribution in [1.82, 2.24) is 4.98 Å². The van der Waals surface area contributed by atoms with Crippen LogP contribution in [0.1, 0.15) is 16.1 Å². The molecule has 2 rings (SSSR count). The average Bonchev–Trinajstić information content (AvgIpc) is 2.37. The number of rotatable bonds is 2. The normalized spacial score (nSPS) is 11.5. The maximum Gasteiger partial charge on any atom is 0.433 e. The fraction of sp³-hybridized carbons (Fsp3) is 0.0769. The summed E-state index contributed by atoms with van der Waals surface area (Å²) in [4.78, 5) is 14.6. The van der Waals surface area contributed by atoms with Crippen LogP contribution in [0.15, 0.2) is 30.3 Å². The van der Waals surface area contributed by atoms with Crippen molar-refractivity contribution in [1.29, 1.82) is 0 Å². The van der Waals surface area contributed by atoms with Crippen LogP contribution in [0, 0.1) is 0 Å². The summed E-state index contributed by atoms with van der Waals surface area (Å²) in [7, 11) is 0. The highest BCUT2D eigenvalue weighted by Crippen LogP contribution is 2.37. The first-order valence-corrected chi connectivity index (χ1v) is 6.23. The van der Waals surface area contributed by atoms with E-state index in [0.29, 0.717) is 6.07 Å². The zero-order valence-electron chi connectivity index (χ0n) is 10.1. The van der Waals surface area contributed by atoms with Crippen molar-refractivity contribution >= 4 is 29.2 Å². The second-order valence-corrected chi connectivity index (χ2v) is 4.81. The quantitative estimate of drug-likeness (QED) is 0.859. The zero-order valence-corrected chi connectivity index (χ0v) is 11.6. The van der Waals surface area contributed by atoms with Crippen molar-refractivity contribution in [3.05, 3.63) is 51.6 Å². The molecule has 0 amide bonds. The molecule has 0 saturated carbocycles. The lowest BCUT2D eigenvalue weighted by molar-refractivity contribution is -0.141. The largest absolute Gasteiger partial charge is 0.478 e. The second kappa shape index (κ2) is 5.54. The van der Waals surface area contributed by atoms with E-state index in [1.54, 1.807) is 0 Å². The van der Waals surface area contributed by atoms with Crippen molar-refractivity contribution in [2.75, 3.05) is 0 Å². The van der Waals surface area contributed by atoms with E-state index in [9.17, 15) is 18.0 Å². The first-order valence-electron chi connectivity index (χ1n) is 5.47. The van der Waals surface area contributed by atoms with Gasteiger partial charge in [-0.05, 0) is 24.3 Å². The summed E-state index contributed by atoms with van der Waals surface area (Å²) in [6, 6.07) is 5.68. The van der Waals surface area contributed by atoms with E-state index in [0.717, 1.165) is 6.07 Å². The van der Waals surface area contributed by atoms with Crippen molar-refractivity contribution < 1.29 is 23.1 Å². The number of aromatic nitrogens is 1. The van der Waals surface area contributed by atoms with Gasteiger partial charge in [-0.15, -0.1) is 0 Å². The summed E-state index contributed by atoms with van der Waals surface area (Å²) in [5, 5.41) is 9.12. The fourth-order valence-corrected chi connectivity index (χ4v) is 2.28. The van der Waals surface area contributed by atoms with Crippen molar-refractivity contribution in [3.63, 3.8) is 0 Å². The van der Waals surface area contributed by atoms with E-state index in [-0.39, 0.29) is 15.6 Å². The number of hydrogen-bond donors (Lipinski definition) is 1. The van der Waals surface area contributed by atoms with Crippen LogP contribution in [0.2, 0.25) is 10.0 Å². The molecule has 0 saturated heterocycles. The molecule has 0 aliphatic rings. The molecule has 0 bridgehead atoms. The Bertz CT molecular complexity index is 697. The van der Waals surface area contributed by atoms with E-state index in [2.05, 4.69) is 4.98 Å². The summed E-state index contributed by atoms with van der Waals surface area (Å²) < 4.78 is 38.2. The van der Waals surface area contributed by atoms with Gasteiger partial charge in [-0.3, -0.25) is 0 Å². The van der Waals surface area contributed by atoms with Crippen LogP contribution in [0.4, 0.5) is 13.2 Å². The molecule has 0 spiro atoms. The molecule has 21 heavy (non-hydrogen) atoms. The Balaban J connectivity index is 2.79. The Hall–Kier alpha value is -1.79. The topological polar surface area (TPSA) is 50.2 Å². The molecule has 0 atom stereocenters. The molecule has 0 fully saturated rings. The van der Waals surface area contributed by atoms with Gasteiger partial charge in [0, 0.05) is 5.56 Å². The van der Waals surface area contributed by atoms with Gasteiger partial charge in [0.05, 0.1) is 21.3 Å². The standard InChI is InChI=1S/C13H6Cl2F3NO2/c14-7-2-1-3-8(15)10(7)11-6(12(20)21)4-5-9(19-11)13(16,17)18/h1-5H,(H,20,21). The van der Waals surface area contributed by atoms with Gasteiger partial charge in [0.1, 0.15) is 5.69 Å². The first kappa shape index (κ1) is 15.6. The SMILES string of the molecule is O=C(O)c1ccc(C(F)(F)F)nc1-c1c(Cl)cccc1Cl. The summed E-state index contributed by atoms with van der Waals surface area (Å²) in [5.74, 6) is -1.43. The molecule has 110 valence electrons. The highest BCUT2D eigenvalue weighted by molar-refractivity contribution is 6.39. The van der Waals surface area contributed by atoms with Gasteiger partial charge in [0.25, 0.3) is 0 Å². The third kappa shape index (κ3) is 3.11.